The fourth-order valence-corrected chi connectivity index (χ4v) is 6.38. The van der Waals surface area contributed by atoms with Gasteiger partial charge in [0, 0.05) is 0 Å². The third-order valence-electron chi connectivity index (χ3n) is 2.14. The van der Waals surface area contributed by atoms with Crippen LogP contribution in [-0.4, -0.2) is 38.6 Å². The lowest BCUT2D eigenvalue weighted by molar-refractivity contribution is 0.0960. The number of hydrogen-bond acceptors (Lipinski definition) is 7. The van der Waals surface area contributed by atoms with Gasteiger partial charge in [0.05, 0.1) is 33.0 Å². The minimum Gasteiger partial charge on any atom is -0.351 e. The van der Waals surface area contributed by atoms with Gasteiger partial charge in [-0.05, 0) is 27.7 Å². The predicted octanol–water partition coefficient (Wildman–Crippen LogP) is 4.00. The van der Waals surface area contributed by atoms with E-state index in [0.717, 1.165) is 0 Å². The van der Waals surface area contributed by atoms with Gasteiger partial charge in [-0.25, -0.2) is 0 Å². The molecule has 0 aromatic carbocycles. The van der Waals surface area contributed by atoms with Gasteiger partial charge in [-0.2, -0.15) is 0 Å². The Balaban J connectivity index is 5.61. The first-order valence-electron chi connectivity index (χ1n) is 6.94. The molecule has 0 saturated carbocycles. The van der Waals surface area contributed by atoms with E-state index in [1.54, 1.807) is 27.7 Å². The molecule has 0 aliphatic carbocycles. The van der Waals surface area contributed by atoms with Gasteiger partial charge >= 0.3 is 15.2 Å². The molecule has 0 atom stereocenters. The largest absolute Gasteiger partial charge is 0.371 e. The highest BCUT2D eigenvalue weighted by molar-refractivity contribution is 7.72. The average Bonchev–Trinajstić information content (AvgIpc) is 2.40. The summed E-state index contributed by atoms with van der Waals surface area (Å²) in [5.74, 6) is 0. The van der Waals surface area contributed by atoms with Gasteiger partial charge in [0.1, 0.15) is 0 Å². The van der Waals surface area contributed by atoms with E-state index in [1.165, 1.54) is 6.08 Å². The van der Waals surface area contributed by atoms with Crippen molar-refractivity contribution in [2.45, 2.75) is 33.3 Å². The van der Waals surface area contributed by atoms with Crippen molar-refractivity contribution in [1.82, 2.24) is 0 Å². The topological polar surface area (TPSA) is 80.3 Å². The average molecular weight is 344 g/mol. The van der Waals surface area contributed by atoms with Crippen molar-refractivity contribution < 1.29 is 32.0 Å². The molecular formula is C12H26O7P2. The van der Waals surface area contributed by atoms with Gasteiger partial charge in [0.2, 0.25) is 0 Å². The van der Waals surface area contributed by atoms with Crippen LogP contribution in [0.4, 0.5) is 0 Å². The fraction of sp³-hybridized carbons (Fsp3) is 0.833. The molecule has 0 saturated heterocycles. The van der Waals surface area contributed by atoms with Crippen LogP contribution in [0.25, 0.3) is 0 Å². The van der Waals surface area contributed by atoms with E-state index in [-0.39, 0.29) is 33.0 Å². The molecule has 0 amide bonds. The summed E-state index contributed by atoms with van der Waals surface area (Å²) < 4.78 is 52.0. The summed E-state index contributed by atoms with van der Waals surface area (Å²) in [6.07, 6.45) is 1.44. The Morgan fingerprint density at radius 1 is 0.857 bits per heavy atom. The smallest absolute Gasteiger partial charge is 0.351 e. The van der Waals surface area contributed by atoms with Crippen molar-refractivity contribution in [1.29, 1.82) is 0 Å². The number of ether oxygens (including phenoxy) is 1. The van der Waals surface area contributed by atoms with E-state index in [1.807, 2.05) is 0 Å². The SMILES string of the molecule is C=CCOC(P(=O)(OCC)OCC)P(=O)(OCC)OCC. The second-order valence-corrected chi connectivity index (χ2v) is 8.24. The molecule has 0 radical (unpaired) electrons. The van der Waals surface area contributed by atoms with Crippen LogP contribution in [-0.2, 0) is 32.0 Å². The van der Waals surface area contributed by atoms with Crippen LogP contribution in [0, 0.1) is 0 Å². The van der Waals surface area contributed by atoms with Gasteiger partial charge in [0.25, 0.3) is 5.59 Å². The highest BCUT2D eigenvalue weighted by atomic mass is 31.2. The fourth-order valence-electron chi connectivity index (χ4n) is 1.56. The Bertz CT molecular complexity index is 336. The molecule has 9 heteroatoms. The normalized spacial score (nSPS) is 12.8. The molecule has 0 heterocycles. The Kier molecular flexibility index (Phi) is 10.7. The van der Waals surface area contributed by atoms with Crippen LogP contribution in [0.15, 0.2) is 12.7 Å². The first-order valence-corrected chi connectivity index (χ1v) is 10.2. The summed E-state index contributed by atoms with van der Waals surface area (Å²) in [6, 6.07) is 0. The molecule has 0 bridgehead atoms. The number of hydrogen-bond donors (Lipinski definition) is 0. The van der Waals surface area contributed by atoms with Crippen molar-refractivity contribution in [2.75, 3.05) is 33.0 Å². The monoisotopic (exact) mass is 344 g/mol. The second kappa shape index (κ2) is 10.7. The van der Waals surface area contributed by atoms with Gasteiger partial charge < -0.3 is 22.8 Å². The predicted molar refractivity (Wildman–Crippen MR) is 81.7 cm³/mol. The highest BCUT2D eigenvalue weighted by Gasteiger charge is 2.52. The van der Waals surface area contributed by atoms with Crippen molar-refractivity contribution in [2.24, 2.45) is 0 Å². The molecule has 0 aromatic heterocycles. The van der Waals surface area contributed by atoms with Crippen LogP contribution in [0.5, 0.6) is 0 Å². The molecule has 0 unspecified atom stereocenters. The van der Waals surface area contributed by atoms with Crippen molar-refractivity contribution in [3.05, 3.63) is 12.7 Å². The summed E-state index contributed by atoms with van der Waals surface area (Å²) in [4.78, 5) is 0. The van der Waals surface area contributed by atoms with Crippen LogP contribution >= 0.6 is 15.2 Å². The summed E-state index contributed by atoms with van der Waals surface area (Å²) in [7, 11) is -7.65. The molecule has 0 aliphatic rings. The minimum absolute atomic E-state index is 0.0128. The maximum atomic E-state index is 12.9. The molecule has 0 fully saturated rings. The lowest BCUT2D eigenvalue weighted by atomic mass is 10.7. The summed E-state index contributed by atoms with van der Waals surface area (Å²) in [6.45, 7) is 10.6. The van der Waals surface area contributed by atoms with Crippen molar-refractivity contribution in [3.8, 4) is 0 Å². The maximum Gasteiger partial charge on any atom is 0.371 e. The molecular weight excluding hydrogens is 318 g/mol. The Morgan fingerprint density at radius 2 is 1.19 bits per heavy atom. The lowest BCUT2D eigenvalue weighted by Crippen LogP contribution is -2.21. The Labute approximate surface area is 127 Å². The number of rotatable bonds is 13. The highest BCUT2D eigenvalue weighted by Crippen LogP contribution is 2.70. The van der Waals surface area contributed by atoms with E-state index in [0.29, 0.717) is 0 Å². The standard InChI is InChI=1S/C12H26O7P2/c1-6-11-15-12(20(13,16-7-2)17-8-3)21(14,18-9-4)19-10-5/h6,12H,1,7-11H2,2-5H3. The molecule has 0 aromatic rings. The first kappa shape index (κ1) is 21.0. The Hall–Kier alpha value is -0.0000000000000000416. The van der Waals surface area contributed by atoms with E-state index < -0.39 is 20.8 Å². The summed E-state index contributed by atoms with van der Waals surface area (Å²) in [5.41, 5.74) is -1.44. The first-order chi connectivity index (χ1) is 9.94. The van der Waals surface area contributed by atoms with Crippen LogP contribution < -0.4 is 0 Å². The second-order valence-electron chi connectivity index (χ2n) is 3.70. The van der Waals surface area contributed by atoms with Crippen LogP contribution in [0.2, 0.25) is 0 Å². The zero-order valence-electron chi connectivity index (χ0n) is 13.1. The van der Waals surface area contributed by atoms with E-state index in [2.05, 4.69) is 6.58 Å². The van der Waals surface area contributed by atoms with Gasteiger partial charge in [-0.15, -0.1) is 6.58 Å². The maximum absolute atomic E-state index is 12.9. The van der Waals surface area contributed by atoms with Crippen LogP contribution in [0.1, 0.15) is 27.7 Å². The molecule has 0 aliphatic heterocycles. The lowest BCUT2D eigenvalue weighted by Gasteiger charge is -2.30. The zero-order valence-corrected chi connectivity index (χ0v) is 14.9. The van der Waals surface area contributed by atoms with E-state index >= 15 is 0 Å². The van der Waals surface area contributed by atoms with Gasteiger partial charge in [-0.1, -0.05) is 6.08 Å². The third-order valence-corrected chi connectivity index (χ3v) is 7.69. The molecule has 0 N–H and O–H groups in total. The Morgan fingerprint density at radius 3 is 1.43 bits per heavy atom. The summed E-state index contributed by atoms with van der Waals surface area (Å²) in [5, 5.41) is 0. The minimum atomic E-state index is -3.82. The molecule has 7 nitrogen and oxygen atoms in total. The third kappa shape index (κ3) is 6.33. The van der Waals surface area contributed by atoms with E-state index in [4.69, 9.17) is 22.8 Å². The van der Waals surface area contributed by atoms with Gasteiger partial charge in [-0.3, -0.25) is 9.13 Å². The van der Waals surface area contributed by atoms with Crippen molar-refractivity contribution in [3.63, 3.8) is 0 Å². The van der Waals surface area contributed by atoms with E-state index in [9.17, 15) is 9.13 Å². The van der Waals surface area contributed by atoms with Crippen LogP contribution in [0.3, 0.4) is 0 Å². The summed E-state index contributed by atoms with van der Waals surface area (Å²) >= 11 is 0. The molecule has 0 rings (SSSR count). The van der Waals surface area contributed by atoms with Gasteiger partial charge in [0.15, 0.2) is 0 Å². The van der Waals surface area contributed by atoms with Crippen molar-refractivity contribution >= 4 is 15.2 Å². The quantitative estimate of drug-likeness (QED) is 0.369. The zero-order chi connectivity index (χ0) is 16.4. The molecule has 0 spiro atoms. The molecule has 21 heavy (non-hydrogen) atoms. The molecule has 126 valence electrons.